The van der Waals surface area contributed by atoms with Gasteiger partial charge in [-0.1, -0.05) is 24.3 Å². The number of rotatable bonds is 8. The van der Waals surface area contributed by atoms with Gasteiger partial charge in [0.15, 0.2) is 5.13 Å². The molecule has 3 aromatic rings. The molecule has 9 nitrogen and oxygen atoms in total. The smallest absolute Gasteiger partial charge is 0.304 e. The van der Waals surface area contributed by atoms with E-state index in [0.29, 0.717) is 42.7 Å². The third kappa shape index (κ3) is 5.32. The van der Waals surface area contributed by atoms with Crippen LogP contribution in [0.5, 0.6) is 0 Å². The molecule has 2 aromatic heterocycles. The first-order chi connectivity index (χ1) is 18.3. The van der Waals surface area contributed by atoms with Crippen LogP contribution in [0.15, 0.2) is 41.9 Å². The van der Waals surface area contributed by atoms with Gasteiger partial charge in [0.05, 0.1) is 18.5 Å². The zero-order valence-corrected chi connectivity index (χ0v) is 22.2. The molecule has 1 fully saturated rings. The topological polar surface area (TPSA) is 113 Å². The number of fused-ring (bicyclic) bond motifs is 1. The summed E-state index contributed by atoms with van der Waals surface area (Å²) in [4.78, 5) is 49.4. The minimum absolute atomic E-state index is 0.0211. The Bertz CT molecular complexity index is 1370. The molecule has 2 aliphatic heterocycles. The highest BCUT2D eigenvalue weighted by Gasteiger charge is 2.31. The van der Waals surface area contributed by atoms with Crippen molar-refractivity contribution in [3.63, 3.8) is 0 Å². The Balaban J connectivity index is 1.38. The summed E-state index contributed by atoms with van der Waals surface area (Å²) in [5.74, 6) is -0.839. The summed E-state index contributed by atoms with van der Waals surface area (Å²) in [6, 6.07) is 9.84. The number of carbonyl (C=O) groups excluding carboxylic acids is 2. The molecule has 0 unspecified atom stereocenters. The fourth-order valence-electron chi connectivity index (χ4n) is 5.22. The van der Waals surface area contributed by atoms with E-state index in [0.717, 1.165) is 35.1 Å². The Kier molecular flexibility index (Phi) is 7.53. The lowest BCUT2D eigenvalue weighted by Crippen LogP contribution is -2.35. The standard InChI is InChI=1S/C28H30N4O5S/c1-31-24(33)13-18-12-20(15-29-26(18)31)21-5-3-4-6-22(21)23-16-38-28(30-23)32(2)27(36)19(14-25(34)35)11-17-7-9-37-10-8-17/h3-6,12,15-17,19H,7-11,13-14H2,1-2H3,(H,34,35)/t19-/m1/s1. The predicted molar refractivity (Wildman–Crippen MR) is 145 cm³/mol. The molecule has 2 aliphatic rings. The van der Waals surface area contributed by atoms with Crippen LogP contribution in [-0.2, 0) is 25.5 Å². The van der Waals surface area contributed by atoms with Crippen LogP contribution in [0.2, 0.25) is 0 Å². The molecule has 198 valence electrons. The molecule has 5 rings (SSSR count). The first-order valence-corrected chi connectivity index (χ1v) is 13.6. The van der Waals surface area contributed by atoms with Crippen LogP contribution in [-0.4, -0.2) is 60.2 Å². The van der Waals surface area contributed by atoms with Crippen LogP contribution < -0.4 is 9.80 Å². The van der Waals surface area contributed by atoms with Crippen LogP contribution in [0.4, 0.5) is 10.9 Å². The Labute approximate surface area is 225 Å². The molecule has 1 saturated heterocycles. The van der Waals surface area contributed by atoms with E-state index in [1.54, 1.807) is 25.2 Å². The summed E-state index contributed by atoms with van der Waals surface area (Å²) in [6.45, 7) is 1.30. The number of hydrogen-bond donors (Lipinski definition) is 1. The number of amides is 2. The lowest BCUT2D eigenvalue weighted by molar-refractivity contribution is -0.141. The average Bonchev–Trinajstić information content (AvgIpc) is 3.52. The van der Waals surface area contributed by atoms with Crippen molar-refractivity contribution in [2.24, 2.45) is 11.8 Å². The van der Waals surface area contributed by atoms with Crippen molar-refractivity contribution in [1.29, 1.82) is 0 Å². The lowest BCUT2D eigenvalue weighted by atomic mass is 9.86. The van der Waals surface area contributed by atoms with E-state index in [1.807, 2.05) is 35.7 Å². The van der Waals surface area contributed by atoms with E-state index in [2.05, 4.69) is 4.98 Å². The SMILES string of the molecule is CN(C(=O)[C@@H](CC(=O)O)CC1CCOCC1)c1nc(-c2ccccc2-c2cnc3c(c2)CC(=O)N3C)cs1. The summed E-state index contributed by atoms with van der Waals surface area (Å²) in [5, 5.41) is 11.9. The van der Waals surface area contributed by atoms with Crippen LogP contribution in [0, 0.1) is 11.8 Å². The largest absolute Gasteiger partial charge is 0.481 e. The summed E-state index contributed by atoms with van der Waals surface area (Å²) in [5.41, 5.74) is 4.31. The number of carboxylic acid groups (broad SMARTS) is 1. The van der Waals surface area contributed by atoms with E-state index in [-0.39, 0.29) is 24.2 Å². The minimum atomic E-state index is -0.978. The third-order valence-electron chi connectivity index (χ3n) is 7.33. The number of carboxylic acids is 1. The molecule has 0 spiro atoms. The van der Waals surface area contributed by atoms with Gasteiger partial charge in [-0.05, 0) is 36.8 Å². The molecule has 2 amide bonds. The Morgan fingerprint density at radius 2 is 1.97 bits per heavy atom. The number of thiazole rings is 1. The first-order valence-electron chi connectivity index (χ1n) is 12.7. The van der Waals surface area contributed by atoms with Gasteiger partial charge in [0, 0.05) is 61.5 Å². The van der Waals surface area contributed by atoms with Crippen molar-refractivity contribution < 1.29 is 24.2 Å². The van der Waals surface area contributed by atoms with Crippen molar-refractivity contribution in [2.45, 2.75) is 32.1 Å². The molecule has 0 aliphatic carbocycles. The Hall–Kier alpha value is -3.63. The molecular weight excluding hydrogens is 504 g/mol. The number of aromatic nitrogens is 2. The van der Waals surface area contributed by atoms with Gasteiger partial charge in [0.25, 0.3) is 0 Å². The highest BCUT2D eigenvalue weighted by Crippen LogP contribution is 2.37. The molecule has 0 radical (unpaired) electrons. The fraction of sp³-hybridized carbons (Fsp3) is 0.393. The molecule has 0 saturated carbocycles. The third-order valence-corrected chi connectivity index (χ3v) is 8.25. The quantitative estimate of drug-likeness (QED) is 0.459. The first kappa shape index (κ1) is 26.0. The van der Waals surface area contributed by atoms with Gasteiger partial charge >= 0.3 is 5.97 Å². The van der Waals surface area contributed by atoms with E-state index >= 15 is 0 Å². The number of hydrogen-bond acceptors (Lipinski definition) is 7. The van der Waals surface area contributed by atoms with Crippen LogP contribution in [0.1, 0.15) is 31.2 Å². The minimum Gasteiger partial charge on any atom is -0.481 e. The maximum Gasteiger partial charge on any atom is 0.304 e. The molecule has 1 N–H and O–H groups in total. The molecule has 1 atom stereocenters. The number of benzene rings is 1. The van der Waals surface area contributed by atoms with Crippen LogP contribution >= 0.6 is 11.3 Å². The van der Waals surface area contributed by atoms with Crippen molar-refractivity contribution in [3.05, 3.63) is 47.5 Å². The van der Waals surface area contributed by atoms with Crippen molar-refractivity contribution in [1.82, 2.24) is 9.97 Å². The fourth-order valence-corrected chi connectivity index (χ4v) is 6.01. The second kappa shape index (κ2) is 11.0. The average molecular weight is 535 g/mol. The highest BCUT2D eigenvalue weighted by atomic mass is 32.1. The maximum atomic E-state index is 13.4. The van der Waals surface area contributed by atoms with E-state index in [4.69, 9.17) is 9.72 Å². The van der Waals surface area contributed by atoms with Gasteiger partial charge < -0.3 is 9.84 Å². The Morgan fingerprint density at radius 3 is 2.71 bits per heavy atom. The second-order valence-corrected chi connectivity index (χ2v) is 10.7. The number of ether oxygens (including phenoxy) is 1. The number of nitrogens with zero attached hydrogens (tertiary/aromatic N) is 4. The van der Waals surface area contributed by atoms with E-state index < -0.39 is 11.9 Å². The van der Waals surface area contributed by atoms with Gasteiger partial charge in [-0.2, -0.15) is 0 Å². The number of carbonyl (C=O) groups is 3. The van der Waals surface area contributed by atoms with Crippen molar-refractivity contribution in [3.8, 4) is 22.4 Å². The van der Waals surface area contributed by atoms with Gasteiger partial charge in [0.2, 0.25) is 11.8 Å². The summed E-state index contributed by atoms with van der Waals surface area (Å²) in [6.07, 6.45) is 4.10. The van der Waals surface area contributed by atoms with Crippen molar-refractivity contribution >= 4 is 40.1 Å². The van der Waals surface area contributed by atoms with Gasteiger partial charge in [-0.25, -0.2) is 9.97 Å². The van der Waals surface area contributed by atoms with Crippen LogP contribution in [0.3, 0.4) is 0 Å². The monoisotopic (exact) mass is 534 g/mol. The highest BCUT2D eigenvalue weighted by molar-refractivity contribution is 7.14. The normalized spacial score (nSPS) is 16.4. The number of aliphatic carboxylic acids is 1. The Morgan fingerprint density at radius 1 is 1.24 bits per heavy atom. The zero-order chi connectivity index (χ0) is 26.8. The van der Waals surface area contributed by atoms with Crippen molar-refractivity contribution in [2.75, 3.05) is 37.1 Å². The number of pyridine rings is 1. The zero-order valence-electron chi connectivity index (χ0n) is 21.4. The molecule has 38 heavy (non-hydrogen) atoms. The molecule has 10 heteroatoms. The predicted octanol–water partition coefficient (Wildman–Crippen LogP) is 4.26. The van der Waals surface area contributed by atoms with E-state index in [1.165, 1.54) is 16.2 Å². The molecular formula is C28H30N4O5S. The summed E-state index contributed by atoms with van der Waals surface area (Å²) >= 11 is 1.35. The maximum absolute atomic E-state index is 13.4. The lowest BCUT2D eigenvalue weighted by Gasteiger charge is -2.27. The van der Waals surface area contributed by atoms with E-state index in [9.17, 15) is 19.5 Å². The molecule has 1 aromatic carbocycles. The molecule has 4 heterocycles. The summed E-state index contributed by atoms with van der Waals surface area (Å²) < 4.78 is 5.42. The second-order valence-electron chi connectivity index (χ2n) is 9.88. The number of anilines is 2. The van der Waals surface area contributed by atoms with Crippen LogP contribution in [0.25, 0.3) is 22.4 Å². The van der Waals surface area contributed by atoms with Gasteiger partial charge in [-0.3, -0.25) is 24.2 Å². The van der Waals surface area contributed by atoms with Gasteiger partial charge in [-0.15, -0.1) is 11.3 Å². The number of likely N-dealkylation sites (N-methyl/N-ethyl adjacent to an activating group) is 1. The summed E-state index contributed by atoms with van der Waals surface area (Å²) in [7, 11) is 3.39. The molecule has 0 bridgehead atoms. The van der Waals surface area contributed by atoms with Gasteiger partial charge in [0.1, 0.15) is 5.82 Å².